The fourth-order valence-corrected chi connectivity index (χ4v) is 3.57. The zero-order chi connectivity index (χ0) is 15.2. The zero-order valence-electron chi connectivity index (χ0n) is 11.0. The Kier molecular flexibility index (Phi) is 4.13. The van der Waals surface area contributed by atoms with Crippen molar-refractivity contribution < 1.29 is 0 Å². The van der Waals surface area contributed by atoms with Crippen LogP contribution < -0.4 is 10.4 Å². The molecule has 5 heteroatoms. The van der Waals surface area contributed by atoms with E-state index in [0.29, 0.717) is 22.3 Å². The first-order chi connectivity index (χ1) is 10.2. The van der Waals surface area contributed by atoms with E-state index in [9.17, 15) is 0 Å². The number of hydrogen-bond acceptors (Lipinski definition) is 4. The summed E-state index contributed by atoms with van der Waals surface area (Å²) in [5.41, 5.74) is 1.48. The van der Waals surface area contributed by atoms with Crippen LogP contribution in [0.4, 0.5) is 0 Å². The van der Waals surface area contributed by atoms with Crippen molar-refractivity contribution in [2.45, 2.75) is 0 Å². The van der Waals surface area contributed by atoms with Crippen LogP contribution in [-0.4, -0.2) is 9.52 Å². The summed E-state index contributed by atoms with van der Waals surface area (Å²) in [6, 6.07) is 18.5. The van der Waals surface area contributed by atoms with Crippen LogP contribution in [-0.2, 0) is 0 Å². The molecule has 0 N–H and O–H groups in total. The molecule has 4 nitrogen and oxygen atoms in total. The Morgan fingerprint density at radius 3 is 1.29 bits per heavy atom. The molecule has 0 radical (unpaired) electrons. The van der Waals surface area contributed by atoms with Crippen molar-refractivity contribution in [2.24, 2.45) is 0 Å². The molecule has 0 saturated heterocycles. The third-order valence-corrected chi connectivity index (χ3v) is 4.75. The number of nitrogens with zero attached hydrogens (tertiary/aromatic N) is 4. The van der Waals surface area contributed by atoms with E-state index in [1.807, 2.05) is 36.4 Å². The molecule has 0 amide bonds. The van der Waals surface area contributed by atoms with E-state index in [0.717, 1.165) is 10.4 Å². The second kappa shape index (κ2) is 6.18. The van der Waals surface area contributed by atoms with Gasteiger partial charge in [-0.15, -0.1) is 0 Å². The molecule has 2 aromatic carbocycles. The molecule has 2 aromatic rings. The summed E-state index contributed by atoms with van der Waals surface area (Å²) in [5, 5.41) is 37.9. The van der Waals surface area contributed by atoms with Gasteiger partial charge in [0.15, 0.2) is 0 Å². The Hall–Kier alpha value is -3.38. The van der Waals surface area contributed by atoms with Gasteiger partial charge in [0.1, 0.15) is 24.3 Å². The molecule has 0 saturated carbocycles. The number of nitriles is 4. The maximum atomic E-state index is 9.03. The molecule has 0 fully saturated rings. The molecule has 0 unspecified atom stereocenters. The Morgan fingerprint density at radius 2 is 0.952 bits per heavy atom. The normalized spacial score (nSPS) is 8.95. The molecular formula is C16H8N4Si. The largest absolute Gasteiger partial charge is 0.192 e. The first-order valence-corrected chi connectivity index (χ1v) is 7.49. The van der Waals surface area contributed by atoms with Gasteiger partial charge in [-0.3, -0.25) is 0 Å². The molecule has 0 bridgehead atoms. The molecule has 0 aliphatic carbocycles. The minimum atomic E-state index is -0.864. The Labute approximate surface area is 124 Å². The quantitative estimate of drug-likeness (QED) is 0.741. The highest BCUT2D eigenvalue weighted by Gasteiger charge is 2.07. The lowest BCUT2D eigenvalue weighted by Gasteiger charge is -2.04. The summed E-state index contributed by atoms with van der Waals surface area (Å²) in [4.78, 5) is 0. The average Bonchev–Trinajstić information content (AvgIpc) is 2.54. The van der Waals surface area contributed by atoms with Crippen LogP contribution in [0.15, 0.2) is 36.4 Å². The van der Waals surface area contributed by atoms with Gasteiger partial charge in [-0.05, 0) is 24.3 Å². The lowest BCUT2D eigenvalue weighted by Crippen LogP contribution is -2.27. The van der Waals surface area contributed by atoms with Gasteiger partial charge in [0, 0.05) is 0 Å². The van der Waals surface area contributed by atoms with Crippen LogP contribution in [0, 0.1) is 45.3 Å². The van der Waals surface area contributed by atoms with Gasteiger partial charge in [0.05, 0.1) is 31.8 Å². The van der Waals surface area contributed by atoms with Crippen molar-refractivity contribution >= 4 is 19.9 Å². The lowest BCUT2D eigenvalue weighted by atomic mass is 10.1. The van der Waals surface area contributed by atoms with E-state index in [1.54, 1.807) is 24.3 Å². The van der Waals surface area contributed by atoms with Crippen LogP contribution in [0.3, 0.4) is 0 Å². The number of benzene rings is 2. The summed E-state index contributed by atoms with van der Waals surface area (Å²) in [6.07, 6.45) is 0. The van der Waals surface area contributed by atoms with E-state index in [2.05, 4.69) is 0 Å². The monoisotopic (exact) mass is 284 g/mol. The lowest BCUT2D eigenvalue weighted by molar-refractivity contribution is 1.44. The van der Waals surface area contributed by atoms with Crippen molar-refractivity contribution in [3.05, 3.63) is 58.7 Å². The molecule has 0 heterocycles. The second-order valence-electron chi connectivity index (χ2n) is 4.38. The minimum Gasteiger partial charge on any atom is -0.192 e. The first-order valence-electron chi connectivity index (χ1n) is 6.08. The van der Waals surface area contributed by atoms with E-state index in [1.165, 1.54) is 0 Å². The Morgan fingerprint density at radius 1 is 0.571 bits per heavy atom. The zero-order valence-corrected chi connectivity index (χ0v) is 12.4. The molecule has 0 atom stereocenters. The molecule has 0 aliphatic rings. The van der Waals surface area contributed by atoms with Crippen LogP contribution in [0.2, 0.25) is 0 Å². The van der Waals surface area contributed by atoms with E-state index in [-0.39, 0.29) is 0 Å². The molecule has 0 spiro atoms. The topological polar surface area (TPSA) is 95.2 Å². The molecule has 0 aliphatic heterocycles. The van der Waals surface area contributed by atoms with Gasteiger partial charge in [0.2, 0.25) is 0 Å². The minimum absolute atomic E-state index is 0.368. The van der Waals surface area contributed by atoms with Crippen molar-refractivity contribution in [3.63, 3.8) is 0 Å². The summed E-state index contributed by atoms with van der Waals surface area (Å²) in [5.74, 6) is 0. The van der Waals surface area contributed by atoms with Crippen molar-refractivity contribution in [1.29, 1.82) is 21.0 Å². The molecular weight excluding hydrogens is 276 g/mol. The first kappa shape index (κ1) is 14.0. The molecule has 0 aromatic heterocycles. The fraction of sp³-hybridized carbons (Fsp3) is 0. The van der Waals surface area contributed by atoms with Crippen LogP contribution in [0.1, 0.15) is 22.3 Å². The molecule has 21 heavy (non-hydrogen) atoms. The predicted molar refractivity (Wildman–Crippen MR) is 79.6 cm³/mol. The van der Waals surface area contributed by atoms with Crippen molar-refractivity contribution in [3.8, 4) is 24.3 Å². The van der Waals surface area contributed by atoms with Crippen molar-refractivity contribution in [1.82, 2.24) is 0 Å². The van der Waals surface area contributed by atoms with E-state index >= 15 is 0 Å². The summed E-state index contributed by atoms with van der Waals surface area (Å²) in [7, 11) is -0.864. The Balaban J connectivity index is 2.36. The highest BCUT2D eigenvalue weighted by atomic mass is 28.2. The molecule has 96 valence electrons. The van der Waals surface area contributed by atoms with Crippen LogP contribution in [0.5, 0.6) is 0 Å². The van der Waals surface area contributed by atoms with Gasteiger partial charge >= 0.3 is 0 Å². The van der Waals surface area contributed by atoms with Crippen LogP contribution >= 0.6 is 0 Å². The highest BCUT2D eigenvalue weighted by Crippen LogP contribution is 2.05. The van der Waals surface area contributed by atoms with Gasteiger partial charge in [0.25, 0.3) is 0 Å². The fourth-order valence-electron chi connectivity index (χ4n) is 2.02. The predicted octanol–water partition coefficient (Wildman–Crippen LogP) is 0.293. The summed E-state index contributed by atoms with van der Waals surface area (Å²) in [6.45, 7) is 0. The second-order valence-corrected chi connectivity index (χ2v) is 6.37. The van der Waals surface area contributed by atoms with Gasteiger partial charge in [-0.2, -0.15) is 21.0 Å². The maximum Gasteiger partial charge on any atom is 0.101 e. The molecule has 2 rings (SSSR count). The summed E-state index contributed by atoms with van der Waals surface area (Å²) < 4.78 is 0. The van der Waals surface area contributed by atoms with E-state index < -0.39 is 9.52 Å². The summed E-state index contributed by atoms with van der Waals surface area (Å²) >= 11 is 0. The third kappa shape index (κ3) is 2.96. The standard InChI is InChI=1S/C16H8N4Si/c17-7-11-1-3-15(5-13(11)9-19)21-16-4-2-12(8-18)14(6-16)10-20/h1-6H,21H2. The third-order valence-electron chi connectivity index (χ3n) is 3.06. The number of rotatable bonds is 2. The SMILES string of the molecule is N#Cc1ccc([SiH2]c2ccc(C#N)c(C#N)c2)cc1C#N. The smallest absolute Gasteiger partial charge is 0.101 e. The van der Waals surface area contributed by atoms with Gasteiger partial charge < -0.3 is 0 Å². The highest BCUT2D eigenvalue weighted by molar-refractivity contribution is 6.67. The van der Waals surface area contributed by atoms with Crippen LogP contribution in [0.25, 0.3) is 0 Å². The Bertz CT molecular complexity index is 800. The maximum absolute atomic E-state index is 9.03. The number of hydrogen-bond donors (Lipinski definition) is 0. The van der Waals surface area contributed by atoms with Crippen molar-refractivity contribution in [2.75, 3.05) is 0 Å². The van der Waals surface area contributed by atoms with Gasteiger partial charge in [-0.25, -0.2) is 0 Å². The average molecular weight is 284 g/mol. The van der Waals surface area contributed by atoms with E-state index in [4.69, 9.17) is 21.0 Å². The van der Waals surface area contributed by atoms with Gasteiger partial charge in [-0.1, -0.05) is 22.5 Å².